The van der Waals surface area contributed by atoms with Gasteiger partial charge in [0.1, 0.15) is 11.3 Å². The Bertz CT molecular complexity index is 1050. The van der Waals surface area contributed by atoms with Crippen molar-refractivity contribution in [3.05, 3.63) is 53.1 Å². The molecule has 0 atom stereocenters. The van der Waals surface area contributed by atoms with Crippen LogP contribution in [-0.4, -0.2) is 45.8 Å². The summed E-state index contributed by atoms with van der Waals surface area (Å²) < 4.78 is 11.3. The van der Waals surface area contributed by atoms with Crippen LogP contribution in [0.25, 0.3) is 22.9 Å². The van der Waals surface area contributed by atoms with Crippen LogP contribution < -0.4 is 10.5 Å². The SMILES string of the molecule is CCCOc1ccc(-c2nnc(-c3ccc(C#CC(N)(CO)CO)cc3)o2)cc1Cl. The number of aliphatic hydroxyl groups excluding tert-OH is 2. The normalized spacial score (nSPS) is 11.1. The van der Waals surface area contributed by atoms with Crippen LogP contribution in [0.3, 0.4) is 0 Å². The van der Waals surface area contributed by atoms with Crippen molar-refractivity contribution < 1.29 is 19.4 Å². The second-order valence-electron chi connectivity index (χ2n) is 6.71. The summed E-state index contributed by atoms with van der Waals surface area (Å²) in [4.78, 5) is 0. The molecule has 0 aliphatic heterocycles. The molecule has 156 valence electrons. The van der Waals surface area contributed by atoms with E-state index in [4.69, 9.17) is 26.5 Å². The quantitative estimate of drug-likeness (QED) is 0.496. The van der Waals surface area contributed by atoms with Crippen molar-refractivity contribution >= 4 is 11.6 Å². The largest absolute Gasteiger partial charge is 0.492 e. The molecule has 0 unspecified atom stereocenters. The molecule has 7 nitrogen and oxygen atoms in total. The van der Waals surface area contributed by atoms with Gasteiger partial charge in [-0.1, -0.05) is 30.4 Å². The number of benzene rings is 2. The van der Waals surface area contributed by atoms with Gasteiger partial charge in [0.05, 0.1) is 24.8 Å². The molecule has 30 heavy (non-hydrogen) atoms. The Hall–Kier alpha value is -2.89. The molecule has 0 saturated carbocycles. The Labute approximate surface area is 179 Å². The molecule has 0 saturated heterocycles. The molecular formula is C22H22ClN3O4. The van der Waals surface area contributed by atoms with Gasteiger partial charge in [-0.25, -0.2) is 0 Å². The van der Waals surface area contributed by atoms with E-state index in [1.165, 1.54) is 0 Å². The van der Waals surface area contributed by atoms with Gasteiger partial charge >= 0.3 is 0 Å². The van der Waals surface area contributed by atoms with Gasteiger partial charge in [0, 0.05) is 16.7 Å². The fourth-order valence-corrected chi connectivity index (χ4v) is 2.68. The highest BCUT2D eigenvalue weighted by molar-refractivity contribution is 6.32. The molecule has 3 aromatic rings. The highest BCUT2D eigenvalue weighted by atomic mass is 35.5. The summed E-state index contributed by atoms with van der Waals surface area (Å²) in [5.74, 6) is 6.82. The number of hydrogen-bond donors (Lipinski definition) is 3. The number of halogens is 1. The van der Waals surface area contributed by atoms with E-state index in [-0.39, 0.29) is 0 Å². The first kappa shape index (κ1) is 21.8. The fraction of sp³-hybridized carbons (Fsp3) is 0.273. The van der Waals surface area contributed by atoms with E-state index < -0.39 is 18.8 Å². The third-order valence-electron chi connectivity index (χ3n) is 4.22. The van der Waals surface area contributed by atoms with Crippen molar-refractivity contribution in [1.82, 2.24) is 10.2 Å². The van der Waals surface area contributed by atoms with Crippen LogP contribution in [0.15, 0.2) is 46.9 Å². The molecule has 4 N–H and O–H groups in total. The molecular weight excluding hydrogens is 406 g/mol. The first-order chi connectivity index (χ1) is 14.5. The van der Waals surface area contributed by atoms with Gasteiger partial charge in [-0.15, -0.1) is 10.2 Å². The summed E-state index contributed by atoms with van der Waals surface area (Å²) in [5, 5.41) is 27.0. The number of aliphatic hydroxyl groups is 2. The standard InChI is InChI=1S/C22H22ClN3O4/c1-2-11-29-19-8-7-17(12-18(19)23)21-26-25-20(30-21)16-5-3-15(4-6-16)9-10-22(24,13-27)14-28/h3-8,12,27-28H,2,11,13-14,24H2,1H3. The lowest BCUT2D eigenvalue weighted by atomic mass is 10.0. The van der Waals surface area contributed by atoms with Crippen LogP contribution in [-0.2, 0) is 0 Å². The van der Waals surface area contributed by atoms with E-state index in [9.17, 15) is 10.2 Å². The van der Waals surface area contributed by atoms with Crippen molar-refractivity contribution in [2.24, 2.45) is 5.73 Å². The highest BCUT2D eigenvalue weighted by Crippen LogP contribution is 2.31. The van der Waals surface area contributed by atoms with E-state index >= 15 is 0 Å². The second kappa shape index (κ2) is 9.74. The first-order valence-electron chi connectivity index (χ1n) is 9.38. The zero-order valence-electron chi connectivity index (χ0n) is 16.4. The maximum Gasteiger partial charge on any atom is 0.248 e. The number of rotatable bonds is 7. The summed E-state index contributed by atoms with van der Waals surface area (Å²) >= 11 is 6.27. The van der Waals surface area contributed by atoms with Crippen molar-refractivity contribution in [2.45, 2.75) is 18.9 Å². The molecule has 0 aliphatic rings. The van der Waals surface area contributed by atoms with Gasteiger partial charge in [-0.2, -0.15) is 0 Å². The lowest BCUT2D eigenvalue weighted by Gasteiger charge is -2.16. The molecule has 1 aromatic heterocycles. The molecule has 1 heterocycles. The number of nitrogens with zero attached hydrogens (tertiary/aromatic N) is 2. The lowest BCUT2D eigenvalue weighted by molar-refractivity contribution is 0.158. The van der Waals surface area contributed by atoms with Gasteiger partial charge < -0.3 is 25.1 Å². The number of hydrogen-bond acceptors (Lipinski definition) is 7. The summed E-state index contributed by atoms with van der Waals surface area (Å²) in [6.07, 6.45) is 0.894. The molecule has 0 amide bonds. The van der Waals surface area contributed by atoms with E-state index in [0.29, 0.717) is 40.3 Å². The number of ether oxygens (including phenoxy) is 1. The molecule has 0 bridgehead atoms. The second-order valence-corrected chi connectivity index (χ2v) is 7.11. The van der Waals surface area contributed by atoms with Gasteiger partial charge in [-0.3, -0.25) is 0 Å². The maximum atomic E-state index is 9.19. The van der Waals surface area contributed by atoms with E-state index in [2.05, 4.69) is 22.0 Å². The van der Waals surface area contributed by atoms with Crippen molar-refractivity contribution in [2.75, 3.05) is 19.8 Å². The Morgan fingerprint density at radius 3 is 2.30 bits per heavy atom. The minimum Gasteiger partial charge on any atom is -0.492 e. The summed E-state index contributed by atoms with van der Waals surface area (Å²) in [6, 6.07) is 12.4. The van der Waals surface area contributed by atoms with Crippen molar-refractivity contribution in [3.63, 3.8) is 0 Å². The molecule has 8 heteroatoms. The Balaban J connectivity index is 1.77. The van der Waals surface area contributed by atoms with Gasteiger partial charge in [-0.05, 0) is 48.9 Å². The maximum absolute atomic E-state index is 9.19. The minimum absolute atomic E-state index is 0.344. The summed E-state index contributed by atoms with van der Waals surface area (Å²) in [6.45, 7) is 1.75. The van der Waals surface area contributed by atoms with Crippen molar-refractivity contribution in [1.29, 1.82) is 0 Å². The summed E-state index contributed by atoms with van der Waals surface area (Å²) in [5.41, 5.74) is 6.49. The van der Waals surface area contributed by atoms with Gasteiger partial charge in [0.2, 0.25) is 11.8 Å². The van der Waals surface area contributed by atoms with E-state index in [1.807, 2.05) is 13.0 Å². The molecule has 0 fully saturated rings. The third kappa shape index (κ3) is 5.17. The predicted molar refractivity (Wildman–Crippen MR) is 114 cm³/mol. The molecule has 3 rings (SSSR count). The van der Waals surface area contributed by atoms with Crippen LogP contribution in [0, 0.1) is 11.8 Å². The van der Waals surface area contributed by atoms with Gasteiger partial charge in [0.15, 0.2) is 0 Å². The third-order valence-corrected chi connectivity index (χ3v) is 4.51. The average molecular weight is 428 g/mol. The zero-order valence-corrected chi connectivity index (χ0v) is 17.2. The predicted octanol–water partition coefficient (Wildman–Crippen LogP) is 2.88. The number of nitrogens with two attached hydrogens (primary N) is 1. The first-order valence-corrected chi connectivity index (χ1v) is 9.76. The van der Waals surface area contributed by atoms with Crippen LogP contribution >= 0.6 is 11.6 Å². The van der Waals surface area contributed by atoms with Gasteiger partial charge in [0.25, 0.3) is 0 Å². The van der Waals surface area contributed by atoms with E-state index in [1.54, 1.807) is 36.4 Å². The fourth-order valence-electron chi connectivity index (χ4n) is 2.44. The monoisotopic (exact) mass is 427 g/mol. The Morgan fingerprint density at radius 2 is 1.70 bits per heavy atom. The Kier molecular flexibility index (Phi) is 7.08. The Morgan fingerprint density at radius 1 is 1.07 bits per heavy atom. The zero-order chi connectivity index (χ0) is 21.6. The van der Waals surface area contributed by atoms with Crippen LogP contribution in [0.5, 0.6) is 5.75 Å². The highest BCUT2D eigenvalue weighted by Gasteiger charge is 2.19. The smallest absolute Gasteiger partial charge is 0.248 e. The van der Waals surface area contributed by atoms with Crippen LogP contribution in [0.4, 0.5) is 0 Å². The topological polar surface area (TPSA) is 115 Å². The molecule has 0 aliphatic carbocycles. The lowest BCUT2D eigenvalue weighted by Crippen LogP contribution is -2.45. The molecule has 0 spiro atoms. The van der Waals surface area contributed by atoms with Crippen LogP contribution in [0.2, 0.25) is 5.02 Å². The number of aromatic nitrogens is 2. The summed E-state index contributed by atoms with van der Waals surface area (Å²) in [7, 11) is 0. The average Bonchev–Trinajstić information content (AvgIpc) is 3.27. The van der Waals surface area contributed by atoms with Crippen molar-refractivity contribution in [3.8, 4) is 40.5 Å². The minimum atomic E-state index is -1.33. The van der Waals surface area contributed by atoms with Crippen LogP contribution in [0.1, 0.15) is 18.9 Å². The molecule has 2 aromatic carbocycles. The van der Waals surface area contributed by atoms with E-state index in [0.717, 1.165) is 12.0 Å². The molecule has 0 radical (unpaired) electrons.